The minimum atomic E-state index is -0.226. The first-order chi connectivity index (χ1) is 13.1. The molecule has 1 N–H and O–H groups in total. The Kier molecular flexibility index (Phi) is 3.27. The molecular formula is C19H15N5O3. The molecule has 8 nitrogen and oxygen atoms in total. The molecule has 5 rings (SSSR count). The van der Waals surface area contributed by atoms with E-state index in [0.29, 0.717) is 34.1 Å². The van der Waals surface area contributed by atoms with E-state index in [1.54, 1.807) is 12.4 Å². The summed E-state index contributed by atoms with van der Waals surface area (Å²) in [7, 11) is 0. The quantitative estimate of drug-likeness (QED) is 0.529. The molecule has 0 unspecified atom stereocenters. The topological polar surface area (TPSA) is 102 Å². The maximum Gasteiger partial charge on any atom is 0.273 e. The van der Waals surface area contributed by atoms with Gasteiger partial charge in [-0.1, -0.05) is 18.1 Å². The monoisotopic (exact) mass is 361 g/mol. The molecule has 134 valence electrons. The van der Waals surface area contributed by atoms with Crippen LogP contribution in [-0.2, 0) is 6.42 Å². The van der Waals surface area contributed by atoms with Crippen LogP contribution in [0.15, 0.2) is 50.4 Å². The molecule has 0 saturated carbocycles. The van der Waals surface area contributed by atoms with E-state index in [0.717, 1.165) is 23.1 Å². The minimum Gasteiger partial charge on any atom is -0.441 e. The van der Waals surface area contributed by atoms with Gasteiger partial charge in [0.2, 0.25) is 5.89 Å². The highest BCUT2D eigenvalue weighted by Gasteiger charge is 2.16. The highest BCUT2D eigenvalue weighted by atomic mass is 16.5. The lowest BCUT2D eigenvalue weighted by atomic mass is 10.1. The summed E-state index contributed by atoms with van der Waals surface area (Å²) in [6, 6.07) is 7.19. The van der Waals surface area contributed by atoms with Gasteiger partial charge in [-0.25, -0.2) is 14.5 Å². The Bertz CT molecular complexity index is 1350. The van der Waals surface area contributed by atoms with Crippen LogP contribution >= 0.6 is 0 Å². The molecule has 0 spiro atoms. The van der Waals surface area contributed by atoms with Crippen LogP contribution in [0.2, 0.25) is 0 Å². The normalized spacial score (nSPS) is 11.6. The standard InChI is InChI=1S/C19H15N5O3/c1-3-14-12-5-4-11(6-16(12)27-23-14)15-7-17(25)24-18(22-15)13(9-21-24)19-20-8-10(2)26-19/h4-9,21H,3H2,1-2H3. The summed E-state index contributed by atoms with van der Waals surface area (Å²) < 4.78 is 12.4. The van der Waals surface area contributed by atoms with Gasteiger partial charge in [-0.05, 0) is 25.5 Å². The van der Waals surface area contributed by atoms with E-state index in [1.807, 2.05) is 32.0 Å². The number of nitrogens with one attached hydrogen (secondary N) is 1. The van der Waals surface area contributed by atoms with E-state index in [-0.39, 0.29) is 5.56 Å². The number of aromatic nitrogens is 5. The number of hydrogen-bond acceptors (Lipinski definition) is 6. The van der Waals surface area contributed by atoms with E-state index in [9.17, 15) is 4.79 Å². The second-order valence-electron chi connectivity index (χ2n) is 6.30. The molecule has 4 heterocycles. The van der Waals surface area contributed by atoms with Crippen LogP contribution in [0.25, 0.3) is 39.3 Å². The van der Waals surface area contributed by atoms with Gasteiger partial charge in [0.15, 0.2) is 11.2 Å². The molecule has 4 aromatic heterocycles. The molecule has 0 radical (unpaired) electrons. The number of aryl methyl sites for hydroxylation is 2. The van der Waals surface area contributed by atoms with E-state index < -0.39 is 0 Å². The summed E-state index contributed by atoms with van der Waals surface area (Å²) in [6.07, 6.45) is 4.08. The molecule has 0 amide bonds. The fraction of sp³-hybridized carbons (Fsp3) is 0.158. The fourth-order valence-corrected chi connectivity index (χ4v) is 3.17. The van der Waals surface area contributed by atoms with Crippen LogP contribution in [0.3, 0.4) is 0 Å². The van der Waals surface area contributed by atoms with Gasteiger partial charge in [0.05, 0.1) is 23.1 Å². The zero-order chi connectivity index (χ0) is 18.5. The molecule has 8 heteroatoms. The van der Waals surface area contributed by atoms with Crippen molar-refractivity contribution < 1.29 is 8.94 Å². The number of H-pyrrole nitrogens is 1. The van der Waals surface area contributed by atoms with Gasteiger partial charge in [0.1, 0.15) is 5.76 Å². The summed E-state index contributed by atoms with van der Waals surface area (Å²) in [5, 5.41) is 7.94. The number of oxazole rings is 1. The summed E-state index contributed by atoms with van der Waals surface area (Å²) >= 11 is 0. The third-order valence-electron chi connectivity index (χ3n) is 4.53. The molecule has 0 fully saturated rings. The zero-order valence-electron chi connectivity index (χ0n) is 14.7. The van der Waals surface area contributed by atoms with Crippen molar-refractivity contribution in [1.82, 2.24) is 24.7 Å². The van der Waals surface area contributed by atoms with Crippen molar-refractivity contribution in [3.8, 4) is 22.7 Å². The van der Waals surface area contributed by atoms with Crippen molar-refractivity contribution in [2.45, 2.75) is 20.3 Å². The van der Waals surface area contributed by atoms with Gasteiger partial charge in [-0.2, -0.15) is 0 Å². The Balaban J connectivity index is 1.70. The summed E-state index contributed by atoms with van der Waals surface area (Å²) in [5.74, 6) is 1.10. The third-order valence-corrected chi connectivity index (χ3v) is 4.53. The van der Waals surface area contributed by atoms with E-state index in [4.69, 9.17) is 8.94 Å². The molecule has 0 aliphatic carbocycles. The Labute approximate surface area is 152 Å². The van der Waals surface area contributed by atoms with Crippen molar-refractivity contribution in [1.29, 1.82) is 0 Å². The van der Waals surface area contributed by atoms with Crippen LogP contribution in [0, 0.1) is 6.92 Å². The van der Waals surface area contributed by atoms with Gasteiger partial charge in [-0.3, -0.25) is 9.89 Å². The SMILES string of the molecule is CCc1noc2cc(-c3cc(=O)n4[nH]cc(-c5ncc(C)o5)c4n3)ccc12. The van der Waals surface area contributed by atoms with E-state index in [2.05, 4.69) is 20.2 Å². The number of hydrogen-bond donors (Lipinski definition) is 1. The molecule has 27 heavy (non-hydrogen) atoms. The average molecular weight is 361 g/mol. The van der Waals surface area contributed by atoms with Crippen molar-refractivity contribution in [3.63, 3.8) is 0 Å². The number of nitrogens with zero attached hydrogens (tertiary/aromatic N) is 4. The fourth-order valence-electron chi connectivity index (χ4n) is 3.17. The maximum absolute atomic E-state index is 12.5. The summed E-state index contributed by atoms with van der Waals surface area (Å²) in [5.41, 5.74) is 3.74. The van der Waals surface area contributed by atoms with Gasteiger partial charge in [0, 0.05) is 23.2 Å². The first-order valence-electron chi connectivity index (χ1n) is 8.56. The van der Waals surface area contributed by atoms with E-state index in [1.165, 1.54) is 10.6 Å². The molecule has 0 aliphatic rings. The maximum atomic E-state index is 12.5. The lowest BCUT2D eigenvalue weighted by Crippen LogP contribution is -2.14. The number of aromatic amines is 1. The van der Waals surface area contributed by atoms with Crippen LogP contribution in [0.1, 0.15) is 18.4 Å². The summed E-state index contributed by atoms with van der Waals surface area (Å²) in [4.78, 5) is 21.4. The average Bonchev–Trinajstić information content (AvgIpc) is 3.38. The Hall–Kier alpha value is -3.68. The predicted molar refractivity (Wildman–Crippen MR) is 98.4 cm³/mol. The van der Waals surface area contributed by atoms with Crippen molar-refractivity contribution in [2.24, 2.45) is 0 Å². The minimum absolute atomic E-state index is 0.226. The van der Waals surface area contributed by atoms with E-state index >= 15 is 0 Å². The van der Waals surface area contributed by atoms with Crippen LogP contribution in [0.4, 0.5) is 0 Å². The van der Waals surface area contributed by atoms with Crippen LogP contribution < -0.4 is 5.56 Å². The highest BCUT2D eigenvalue weighted by Crippen LogP contribution is 2.27. The second kappa shape index (κ2) is 5.66. The molecule has 0 saturated heterocycles. The Morgan fingerprint density at radius 1 is 1.26 bits per heavy atom. The van der Waals surface area contributed by atoms with Gasteiger partial charge in [0.25, 0.3) is 5.56 Å². The van der Waals surface area contributed by atoms with Gasteiger partial charge in [-0.15, -0.1) is 0 Å². The Morgan fingerprint density at radius 3 is 2.93 bits per heavy atom. The summed E-state index contributed by atoms with van der Waals surface area (Å²) in [6.45, 7) is 3.84. The molecule has 1 aromatic carbocycles. The van der Waals surface area contributed by atoms with Gasteiger partial charge >= 0.3 is 0 Å². The lowest BCUT2D eigenvalue weighted by molar-refractivity contribution is 0.447. The number of rotatable bonds is 3. The number of benzene rings is 1. The molecule has 0 atom stereocenters. The zero-order valence-corrected chi connectivity index (χ0v) is 14.7. The molecule has 5 aromatic rings. The largest absolute Gasteiger partial charge is 0.441 e. The predicted octanol–water partition coefficient (Wildman–Crippen LogP) is 3.36. The van der Waals surface area contributed by atoms with Crippen LogP contribution in [0.5, 0.6) is 0 Å². The van der Waals surface area contributed by atoms with Crippen molar-refractivity contribution >= 4 is 16.6 Å². The lowest BCUT2D eigenvalue weighted by Gasteiger charge is -2.02. The van der Waals surface area contributed by atoms with Gasteiger partial charge < -0.3 is 8.94 Å². The van der Waals surface area contributed by atoms with Crippen molar-refractivity contribution in [2.75, 3.05) is 0 Å². The molecule has 0 aliphatic heterocycles. The first kappa shape index (κ1) is 15.6. The second-order valence-corrected chi connectivity index (χ2v) is 6.30. The van der Waals surface area contributed by atoms with Crippen molar-refractivity contribution in [3.05, 3.63) is 58.5 Å². The molecule has 0 bridgehead atoms. The van der Waals surface area contributed by atoms with Crippen LogP contribution in [-0.4, -0.2) is 24.7 Å². The first-order valence-corrected chi connectivity index (χ1v) is 8.56. The highest BCUT2D eigenvalue weighted by molar-refractivity contribution is 5.84. The number of fused-ring (bicyclic) bond motifs is 2. The molecular weight excluding hydrogens is 346 g/mol. The smallest absolute Gasteiger partial charge is 0.273 e. The Morgan fingerprint density at radius 2 is 2.15 bits per heavy atom. The third kappa shape index (κ3) is 2.37.